The second-order valence-corrected chi connectivity index (χ2v) is 15.0. The molecule has 0 unspecified atom stereocenters. The minimum absolute atomic E-state index is 0.00300. The van der Waals surface area contributed by atoms with E-state index in [-0.39, 0.29) is 36.4 Å². The Balaban J connectivity index is 1.28. The minimum Gasteiger partial charge on any atom is -0.489 e. The fourth-order valence-corrected chi connectivity index (χ4v) is 7.79. The van der Waals surface area contributed by atoms with Gasteiger partial charge in [0.1, 0.15) is 30.1 Å². The number of ether oxygens (including phenoxy) is 5. The Kier molecular flexibility index (Phi) is 9.65. The van der Waals surface area contributed by atoms with Crippen LogP contribution in [0, 0.1) is 19.8 Å². The van der Waals surface area contributed by atoms with Crippen molar-refractivity contribution in [1.29, 1.82) is 0 Å². The lowest BCUT2D eigenvalue weighted by Crippen LogP contribution is -2.51. The van der Waals surface area contributed by atoms with E-state index >= 15 is 0 Å². The topological polar surface area (TPSA) is 143 Å². The van der Waals surface area contributed by atoms with Gasteiger partial charge in [0.2, 0.25) is 16.8 Å². The number of rotatable bonds is 12. The molecule has 4 aromatic rings. The molecule has 0 aliphatic carbocycles. The number of nitrogens with zero attached hydrogens (tertiary/aromatic N) is 3. The van der Waals surface area contributed by atoms with Crippen molar-refractivity contribution < 1.29 is 45.8 Å². The van der Waals surface area contributed by atoms with Crippen LogP contribution in [0.25, 0.3) is 0 Å². The summed E-state index contributed by atoms with van der Waals surface area (Å²) >= 11 is 0. The van der Waals surface area contributed by atoms with Crippen molar-refractivity contribution in [3.63, 3.8) is 0 Å². The smallest absolute Gasteiger partial charge is 0.417 e. The number of amides is 1. The second kappa shape index (κ2) is 13.8. The molecular weight excluding hydrogens is 654 g/mol. The van der Waals surface area contributed by atoms with E-state index in [1.54, 1.807) is 19.9 Å². The third-order valence-electron chi connectivity index (χ3n) is 8.54. The SMILES string of the molecule is Cc1noc(C)c1COc1ccc(C[C@H]2[C@@H](CN(CC(C)C)S(=O)(=O)c3ccc4c(c3)OCO4)OC(C)(C)N2C(=O)Oc2ccoc2)cc1. The van der Waals surface area contributed by atoms with Crippen molar-refractivity contribution in [3.8, 4) is 23.0 Å². The van der Waals surface area contributed by atoms with E-state index in [4.69, 9.17) is 32.6 Å². The van der Waals surface area contributed by atoms with E-state index in [1.165, 1.54) is 39.9 Å². The van der Waals surface area contributed by atoms with Crippen molar-refractivity contribution in [3.05, 3.63) is 83.6 Å². The van der Waals surface area contributed by atoms with Gasteiger partial charge in [0.15, 0.2) is 17.2 Å². The van der Waals surface area contributed by atoms with Gasteiger partial charge in [-0.05, 0) is 69.9 Å². The Morgan fingerprint density at radius 1 is 1.06 bits per heavy atom. The van der Waals surface area contributed by atoms with Crippen LogP contribution < -0.4 is 18.9 Å². The van der Waals surface area contributed by atoms with Gasteiger partial charge in [0.25, 0.3) is 0 Å². The standard InChI is InChI=1S/C35H41N3O10S/c1-22(2)17-37(49(40,41)28-11-12-31-32(16-28)45-21-44-31)18-33-30(38(35(5,6)47-33)34(39)46-27-13-14-42-19-27)15-25-7-9-26(10-8-25)43-20-29-23(3)36-48-24(29)4/h7-14,16,19,22,30,33H,15,17-18,20-21H2,1-6H3/t30-,33+/m0/s1. The molecule has 1 amide bonds. The summed E-state index contributed by atoms with van der Waals surface area (Å²) in [6.45, 7) is 11.7. The lowest BCUT2D eigenvalue weighted by Gasteiger charge is -2.33. The lowest BCUT2D eigenvalue weighted by molar-refractivity contribution is -0.0681. The number of fused-ring (bicyclic) bond motifs is 1. The highest BCUT2D eigenvalue weighted by Gasteiger charge is 2.52. The zero-order chi connectivity index (χ0) is 34.9. The van der Waals surface area contributed by atoms with Crippen LogP contribution in [0.2, 0.25) is 0 Å². The number of carbonyl (C=O) groups is 1. The van der Waals surface area contributed by atoms with Crippen molar-refractivity contribution >= 4 is 16.1 Å². The molecule has 0 saturated carbocycles. The van der Waals surface area contributed by atoms with Crippen LogP contribution in [-0.4, -0.2) is 66.6 Å². The number of hydrogen-bond donors (Lipinski definition) is 0. The van der Waals surface area contributed by atoms with Gasteiger partial charge in [-0.25, -0.2) is 13.2 Å². The Morgan fingerprint density at radius 3 is 2.49 bits per heavy atom. The van der Waals surface area contributed by atoms with Crippen LogP contribution in [0.4, 0.5) is 4.79 Å². The van der Waals surface area contributed by atoms with Gasteiger partial charge < -0.3 is 32.6 Å². The molecule has 2 aliphatic heterocycles. The first-order valence-corrected chi connectivity index (χ1v) is 17.5. The monoisotopic (exact) mass is 695 g/mol. The van der Waals surface area contributed by atoms with Gasteiger partial charge in [-0.15, -0.1) is 0 Å². The van der Waals surface area contributed by atoms with Gasteiger partial charge in [-0.2, -0.15) is 4.31 Å². The first-order valence-electron chi connectivity index (χ1n) is 16.1. The Labute approximate surface area is 285 Å². The summed E-state index contributed by atoms with van der Waals surface area (Å²) in [5.74, 6) is 2.46. The molecule has 2 aromatic heterocycles. The molecule has 2 aliphatic rings. The van der Waals surface area contributed by atoms with Gasteiger partial charge in [-0.1, -0.05) is 31.1 Å². The molecule has 2 aromatic carbocycles. The highest BCUT2D eigenvalue weighted by atomic mass is 32.2. The number of sulfonamides is 1. The molecule has 49 heavy (non-hydrogen) atoms. The predicted octanol–water partition coefficient (Wildman–Crippen LogP) is 6.09. The molecule has 0 N–H and O–H groups in total. The van der Waals surface area contributed by atoms with E-state index in [1.807, 2.05) is 52.0 Å². The molecule has 0 spiro atoms. The summed E-state index contributed by atoms with van der Waals surface area (Å²) in [5.41, 5.74) is 1.42. The van der Waals surface area contributed by atoms with E-state index in [0.717, 1.165) is 16.8 Å². The highest BCUT2D eigenvalue weighted by Crippen LogP contribution is 2.38. The quantitative estimate of drug-likeness (QED) is 0.170. The van der Waals surface area contributed by atoms with E-state index in [9.17, 15) is 13.2 Å². The molecule has 4 heterocycles. The maximum atomic E-state index is 14.2. The van der Waals surface area contributed by atoms with Crippen molar-refractivity contribution in [1.82, 2.24) is 14.4 Å². The number of aromatic nitrogens is 1. The fraction of sp³-hybridized carbons (Fsp3) is 0.429. The molecule has 1 saturated heterocycles. The Hall–Kier alpha value is -4.53. The normalized spacial score (nSPS) is 18.4. The predicted molar refractivity (Wildman–Crippen MR) is 176 cm³/mol. The molecular formula is C35H41N3O10S. The minimum atomic E-state index is -4.01. The zero-order valence-corrected chi connectivity index (χ0v) is 29.2. The largest absolute Gasteiger partial charge is 0.489 e. The summed E-state index contributed by atoms with van der Waals surface area (Å²) in [6, 6.07) is 13.1. The summed E-state index contributed by atoms with van der Waals surface area (Å²) in [6.07, 6.45) is 1.72. The number of furan rings is 1. The summed E-state index contributed by atoms with van der Waals surface area (Å²) in [4.78, 5) is 15.4. The van der Waals surface area contributed by atoms with Crippen LogP contribution in [0.5, 0.6) is 23.0 Å². The average molecular weight is 696 g/mol. The number of aryl methyl sites for hydroxylation is 2. The van der Waals surface area contributed by atoms with E-state index in [2.05, 4.69) is 5.16 Å². The van der Waals surface area contributed by atoms with Crippen LogP contribution >= 0.6 is 0 Å². The van der Waals surface area contributed by atoms with E-state index in [0.29, 0.717) is 36.0 Å². The average Bonchev–Trinajstić information content (AvgIpc) is 3.84. The third-order valence-corrected chi connectivity index (χ3v) is 10.4. The Bertz CT molecular complexity index is 1850. The summed E-state index contributed by atoms with van der Waals surface area (Å²) in [5, 5.41) is 3.98. The molecule has 262 valence electrons. The first kappa shape index (κ1) is 34.3. The van der Waals surface area contributed by atoms with Gasteiger partial charge >= 0.3 is 6.09 Å². The van der Waals surface area contributed by atoms with Crippen LogP contribution in [0.15, 0.2) is 74.9 Å². The molecule has 6 rings (SSSR count). The second-order valence-electron chi connectivity index (χ2n) is 13.0. The van der Waals surface area contributed by atoms with Crippen LogP contribution in [0.1, 0.15) is 50.3 Å². The molecule has 0 bridgehead atoms. The molecule has 14 heteroatoms. The van der Waals surface area contributed by atoms with Gasteiger partial charge in [-0.3, -0.25) is 4.90 Å². The summed E-state index contributed by atoms with van der Waals surface area (Å²) in [7, 11) is -4.01. The van der Waals surface area contributed by atoms with Gasteiger partial charge in [0.05, 0.1) is 34.6 Å². The fourth-order valence-electron chi connectivity index (χ4n) is 6.16. The third kappa shape index (κ3) is 7.41. The number of benzene rings is 2. The first-order chi connectivity index (χ1) is 23.3. The molecule has 13 nitrogen and oxygen atoms in total. The van der Waals surface area contributed by atoms with E-state index < -0.39 is 34.0 Å². The highest BCUT2D eigenvalue weighted by molar-refractivity contribution is 7.89. The lowest BCUT2D eigenvalue weighted by atomic mass is 10.00. The van der Waals surface area contributed by atoms with Crippen molar-refractivity contribution in [2.75, 3.05) is 19.9 Å². The molecule has 2 atom stereocenters. The molecule has 1 fully saturated rings. The molecule has 0 radical (unpaired) electrons. The maximum absolute atomic E-state index is 14.2. The van der Waals surface area contributed by atoms with Crippen LogP contribution in [0.3, 0.4) is 0 Å². The zero-order valence-electron chi connectivity index (χ0n) is 28.4. The van der Waals surface area contributed by atoms with Crippen molar-refractivity contribution in [2.45, 2.75) is 77.3 Å². The number of carbonyl (C=O) groups excluding carboxylic acids is 1. The number of hydrogen-bond acceptors (Lipinski definition) is 11. The van der Waals surface area contributed by atoms with Crippen molar-refractivity contribution in [2.24, 2.45) is 5.92 Å². The van der Waals surface area contributed by atoms with Gasteiger partial charge in [0, 0.05) is 25.2 Å². The summed E-state index contributed by atoms with van der Waals surface area (Å²) < 4.78 is 69.2. The van der Waals surface area contributed by atoms with Crippen LogP contribution in [-0.2, 0) is 27.8 Å². The maximum Gasteiger partial charge on any atom is 0.417 e. The Morgan fingerprint density at radius 2 is 1.82 bits per heavy atom.